The van der Waals surface area contributed by atoms with Crippen LogP contribution in [-0.4, -0.2) is 27.2 Å². The number of hydrogen-bond acceptors (Lipinski definition) is 4. The molecule has 0 aliphatic carbocycles. The molecule has 0 aromatic heterocycles. The smallest absolute Gasteiger partial charge is 0.257 e. The van der Waals surface area contributed by atoms with Gasteiger partial charge in [0.2, 0.25) is 10.0 Å². The second-order valence-corrected chi connectivity index (χ2v) is 6.75. The zero-order valence-electron chi connectivity index (χ0n) is 12.9. The van der Waals surface area contributed by atoms with Crippen molar-refractivity contribution in [1.29, 1.82) is 0 Å². The number of sulfonamides is 1. The largest absolute Gasteiger partial charge is 0.497 e. The molecule has 6 nitrogen and oxygen atoms in total. The minimum absolute atomic E-state index is 0.0706. The van der Waals surface area contributed by atoms with Crippen LogP contribution in [0.5, 0.6) is 5.75 Å². The summed E-state index contributed by atoms with van der Waals surface area (Å²) in [5, 5.41) is 2.72. The number of ether oxygens (including phenoxy) is 1. The van der Waals surface area contributed by atoms with Gasteiger partial charge in [0.25, 0.3) is 5.91 Å². The second-order valence-electron chi connectivity index (χ2n) is 4.74. The molecule has 1 amide bonds. The molecule has 23 heavy (non-hydrogen) atoms. The van der Waals surface area contributed by atoms with Crippen LogP contribution in [0.4, 0.5) is 11.4 Å². The highest BCUT2D eigenvalue weighted by atomic mass is 32.2. The predicted molar refractivity (Wildman–Crippen MR) is 90.5 cm³/mol. The van der Waals surface area contributed by atoms with Crippen molar-refractivity contribution in [3.63, 3.8) is 0 Å². The summed E-state index contributed by atoms with van der Waals surface area (Å²) in [6, 6.07) is 13.4. The van der Waals surface area contributed by atoms with E-state index in [-0.39, 0.29) is 17.0 Å². The SMILES string of the molecule is CCS(=O)(=O)Nc1ccccc1C(=O)Nc1cccc(OC)c1. The lowest BCUT2D eigenvalue weighted by molar-refractivity contribution is 0.102. The maximum absolute atomic E-state index is 12.4. The number of methoxy groups -OCH3 is 1. The third kappa shape index (κ3) is 4.46. The molecule has 0 aliphatic heterocycles. The number of carbonyl (C=O) groups is 1. The fourth-order valence-electron chi connectivity index (χ4n) is 1.91. The average molecular weight is 334 g/mol. The lowest BCUT2D eigenvalue weighted by Gasteiger charge is -2.12. The quantitative estimate of drug-likeness (QED) is 0.850. The van der Waals surface area contributed by atoms with Gasteiger partial charge in [0.15, 0.2) is 0 Å². The fourth-order valence-corrected chi connectivity index (χ4v) is 2.57. The normalized spacial score (nSPS) is 10.9. The highest BCUT2D eigenvalue weighted by Gasteiger charge is 2.15. The number of benzene rings is 2. The molecule has 0 radical (unpaired) electrons. The Morgan fingerprint density at radius 2 is 1.87 bits per heavy atom. The maximum atomic E-state index is 12.4. The number of para-hydroxylation sites is 1. The Bertz CT molecular complexity index is 803. The van der Waals surface area contributed by atoms with E-state index >= 15 is 0 Å². The van der Waals surface area contributed by atoms with Crippen molar-refractivity contribution in [3.8, 4) is 5.75 Å². The van der Waals surface area contributed by atoms with Gasteiger partial charge in [0.1, 0.15) is 5.75 Å². The standard InChI is InChI=1S/C16H18N2O4S/c1-3-23(20,21)18-15-10-5-4-9-14(15)16(19)17-12-7-6-8-13(11-12)22-2/h4-11,18H,3H2,1-2H3,(H,17,19). The van der Waals surface area contributed by atoms with E-state index in [0.717, 1.165) is 0 Å². The molecule has 2 rings (SSSR count). The van der Waals surface area contributed by atoms with Crippen molar-refractivity contribution < 1.29 is 17.9 Å². The maximum Gasteiger partial charge on any atom is 0.257 e. The summed E-state index contributed by atoms with van der Waals surface area (Å²) in [6.45, 7) is 1.53. The van der Waals surface area contributed by atoms with E-state index in [1.807, 2.05) is 0 Å². The monoisotopic (exact) mass is 334 g/mol. The molecule has 0 saturated heterocycles. The van der Waals surface area contributed by atoms with Crippen LogP contribution >= 0.6 is 0 Å². The molecule has 7 heteroatoms. The summed E-state index contributed by atoms with van der Waals surface area (Å²) < 4.78 is 31.0. The molecule has 0 saturated carbocycles. The van der Waals surface area contributed by atoms with Gasteiger partial charge in [-0.25, -0.2) is 8.42 Å². The summed E-state index contributed by atoms with van der Waals surface area (Å²) in [4.78, 5) is 12.4. The first-order chi connectivity index (χ1) is 10.9. The van der Waals surface area contributed by atoms with Gasteiger partial charge >= 0.3 is 0 Å². The molecule has 0 heterocycles. The first-order valence-electron chi connectivity index (χ1n) is 7.00. The predicted octanol–water partition coefficient (Wildman–Crippen LogP) is 2.71. The number of nitrogens with one attached hydrogen (secondary N) is 2. The van der Waals surface area contributed by atoms with E-state index in [0.29, 0.717) is 11.4 Å². The molecule has 2 N–H and O–H groups in total. The number of carbonyl (C=O) groups excluding carboxylic acids is 1. The summed E-state index contributed by atoms with van der Waals surface area (Å²) in [7, 11) is -1.92. The van der Waals surface area contributed by atoms with Gasteiger partial charge in [-0.1, -0.05) is 18.2 Å². The Morgan fingerprint density at radius 1 is 1.13 bits per heavy atom. The Morgan fingerprint density at radius 3 is 2.57 bits per heavy atom. The van der Waals surface area contributed by atoms with Crippen LogP contribution < -0.4 is 14.8 Å². The Hall–Kier alpha value is -2.54. The summed E-state index contributed by atoms with van der Waals surface area (Å²) in [6.07, 6.45) is 0. The van der Waals surface area contributed by atoms with Gasteiger partial charge in [0.05, 0.1) is 24.1 Å². The van der Waals surface area contributed by atoms with Crippen LogP contribution in [0.15, 0.2) is 48.5 Å². The van der Waals surface area contributed by atoms with Gasteiger partial charge in [-0.2, -0.15) is 0 Å². The summed E-state index contributed by atoms with van der Waals surface area (Å²) >= 11 is 0. The van der Waals surface area contributed by atoms with Crippen LogP contribution in [0.3, 0.4) is 0 Å². The van der Waals surface area contributed by atoms with Gasteiger partial charge in [-0.3, -0.25) is 9.52 Å². The molecule has 0 fully saturated rings. The number of amides is 1. The average Bonchev–Trinajstić information content (AvgIpc) is 2.55. The van der Waals surface area contributed by atoms with Crippen molar-refractivity contribution in [2.24, 2.45) is 0 Å². The van der Waals surface area contributed by atoms with E-state index in [9.17, 15) is 13.2 Å². The summed E-state index contributed by atoms with van der Waals surface area (Å²) in [5.74, 6) is 0.134. The van der Waals surface area contributed by atoms with Gasteiger partial charge in [0, 0.05) is 11.8 Å². The van der Waals surface area contributed by atoms with E-state index in [4.69, 9.17) is 4.74 Å². The van der Waals surface area contributed by atoms with Gasteiger partial charge < -0.3 is 10.1 Å². The topological polar surface area (TPSA) is 84.5 Å². The first-order valence-corrected chi connectivity index (χ1v) is 8.65. The minimum atomic E-state index is -3.46. The van der Waals surface area contributed by atoms with E-state index in [1.165, 1.54) is 14.0 Å². The van der Waals surface area contributed by atoms with Crippen LogP contribution in [0.1, 0.15) is 17.3 Å². The number of rotatable bonds is 6. The molecule has 0 spiro atoms. The van der Waals surface area contributed by atoms with E-state index in [1.54, 1.807) is 48.5 Å². The lowest BCUT2D eigenvalue weighted by Crippen LogP contribution is -2.19. The van der Waals surface area contributed by atoms with E-state index in [2.05, 4.69) is 10.0 Å². The van der Waals surface area contributed by atoms with E-state index < -0.39 is 15.9 Å². The van der Waals surface area contributed by atoms with Crippen molar-refractivity contribution >= 4 is 27.3 Å². The minimum Gasteiger partial charge on any atom is -0.497 e. The molecule has 2 aromatic carbocycles. The molecule has 122 valence electrons. The Labute approximate surface area is 135 Å². The lowest BCUT2D eigenvalue weighted by atomic mass is 10.1. The zero-order valence-corrected chi connectivity index (χ0v) is 13.7. The Balaban J connectivity index is 2.25. The third-order valence-corrected chi connectivity index (χ3v) is 4.44. The molecule has 0 bridgehead atoms. The Kier molecular flexibility index (Phi) is 5.23. The highest BCUT2D eigenvalue weighted by Crippen LogP contribution is 2.21. The van der Waals surface area contributed by atoms with Crippen LogP contribution in [0.2, 0.25) is 0 Å². The van der Waals surface area contributed by atoms with Crippen LogP contribution in [-0.2, 0) is 10.0 Å². The number of anilines is 2. The molecular formula is C16H18N2O4S. The van der Waals surface area contributed by atoms with Crippen molar-refractivity contribution in [3.05, 3.63) is 54.1 Å². The number of hydrogen-bond donors (Lipinski definition) is 2. The second kappa shape index (κ2) is 7.15. The molecule has 2 aromatic rings. The summed E-state index contributed by atoms with van der Waals surface area (Å²) in [5.41, 5.74) is 1.05. The highest BCUT2D eigenvalue weighted by molar-refractivity contribution is 7.92. The van der Waals surface area contributed by atoms with Crippen molar-refractivity contribution in [2.75, 3.05) is 22.9 Å². The third-order valence-electron chi connectivity index (χ3n) is 3.14. The molecule has 0 aliphatic rings. The molecule has 0 unspecified atom stereocenters. The first kappa shape index (κ1) is 16.8. The van der Waals surface area contributed by atoms with Gasteiger partial charge in [-0.05, 0) is 31.2 Å². The fraction of sp³-hybridized carbons (Fsp3) is 0.188. The zero-order chi connectivity index (χ0) is 16.9. The van der Waals surface area contributed by atoms with Gasteiger partial charge in [-0.15, -0.1) is 0 Å². The molecular weight excluding hydrogens is 316 g/mol. The molecule has 0 atom stereocenters. The van der Waals surface area contributed by atoms with Crippen molar-refractivity contribution in [1.82, 2.24) is 0 Å². The van der Waals surface area contributed by atoms with Crippen molar-refractivity contribution in [2.45, 2.75) is 6.92 Å². The van der Waals surface area contributed by atoms with Crippen LogP contribution in [0, 0.1) is 0 Å². The van der Waals surface area contributed by atoms with Crippen LogP contribution in [0.25, 0.3) is 0 Å².